The van der Waals surface area contributed by atoms with Gasteiger partial charge in [-0.05, 0) is 5.56 Å². The molecule has 0 radical (unpaired) electrons. The molecular formula is C19H16FeIN3. The van der Waals surface area contributed by atoms with Crippen LogP contribution < -0.4 is 0 Å². The average Bonchev–Trinajstić information content (AvgIpc) is 3.33. The van der Waals surface area contributed by atoms with Crippen LogP contribution in [0.25, 0.3) is 11.3 Å². The first kappa shape index (κ1) is 18.6. The van der Waals surface area contributed by atoms with Crippen LogP contribution in [0.4, 0.5) is 0 Å². The Kier molecular flexibility index (Phi) is 7.43. The molecule has 0 bridgehead atoms. The SMILES string of the molecule is Ic1c(-[c-]2cccc2)nnn1Cc1ccccc1.[Fe+2].c1cc[cH-]c1. The maximum atomic E-state index is 4.26. The summed E-state index contributed by atoms with van der Waals surface area (Å²) in [6.45, 7) is 0.757. The zero-order chi connectivity index (χ0) is 15.9. The van der Waals surface area contributed by atoms with Crippen LogP contribution in [-0.4, -0.2) is 15.0 Å². The van der Waals surface area contributed by atoms with E-state index >= 15 is 0 Å². The molecule has 1 heterocycles. The Hall–Kier alpha value is -1.69. The van der Waals surface area contributed by atoms with Gasteiger partial charge in [-0.2, -0.15) is 35.4 Å². The van der Waals surface area contributed by atoms with Crippen LogP contribution in [0.5, 0.6) is 0 Å². The van der Waals surface area contributed by atoms with Gasteiger partial charge in [0, 0.05) is 5.69 Å². The molecule has 0 aliphatic heterocycles. The molecule has 1 aromatic heterocycles. The Morgan fingerprint density at radius 3 is 2.21 bits per heavy atom. The Balaban J connectivity index is 0.000000300. The van der Waals surface area contributed by atoms with Crippen molar-refractivity contribution in [2.45, 2.75) is 6.54 Å². The Morgan fingerprint density at radius 1 is 0.958 bits per heavy atom. The number of nitrogens with zero attached hydrogens (tertiary/aromatic N) is 3. The fraction of sp³-hybridized carbons (Fsp3) is 0.0526. The molecule has 0 atom stereocenters. The van der Waals surface area contributed by atoms with Gasteiger partial charge in [-0.25, -0.2) is 12.1 Å². The summed E-state index contributed by atoms with van der Waals surface area (Å²) in [5.74, 6) is 0. The van der Waals surface area contributed by atoms with Gasteiger partial charge in [0.15, 0.2) is 0 Å². The summed E-state index contributed by atoms with van der Waals surface area (Å²) in [4.78, 5) is 0. The predicted molar refractivity (Wildman–Crippen MR) is 101 cm³/mol. The molecule has 0 saturated heterocycles. The molecular weight excluding hydrogens is 453 g/mol. The minimum absolute atomic E-state index is 0. The zero-order valence-electron chi connectivity index (χ0n) is 12.9. The standard InChI is InChI=1S/C14H11IN3.C5H5.Fe/c15-14-13(12-8-4-5-9-12)16-17-18(14)10-11-6-2-1-3-7-11;1-2-4-5-3-1;/h1-9H,10H2;1-5H;/q2*-1;+2. The second-order valence-corrected chi connectivity index (χ2v) is 6.03. The van der Waals surface area contributed by atoms with Crippen LogP contribution in [0.2, 0.25) is 0 Å². The molecule has 0 spiro atoms. The van der Waals surface area contributed by atoms with Crippen molar-refractivity contribution in [1.82, 2.24) is 15.0 Å². The fourth-order valence-electron chi connectivity index (χ4n) is 2.19. The molecule has 0 fully saturated rings. The van der Waals surface area contributed by atoms with E-state index in [-0.39, 0.29) is 17.1 Å². The molecule has 5 heteroatoms. The minimum Gasteiger partial charge on any atom is -0.273 e. The molecule has 3 nitrogen and oxygen atoms in total. The molecule has 24 heavy (non-hydrogen) atoms. The smallest absolute Gasteiger partial charge is 0.273 e. The molecule has 4 aromatic rings. The molecule has 3 aromatic carbocycles. The van der Waals surface area contributed by atoms with Crippen molar-refractivity contribution in [1.29, 1.82) is 0 Å². The van der Waals surface area contributed by atoms with Gasteiger partial charge in [0.1, 0.15) is 0 Å². The third-order valence-corrected chi connectivity index (χ3v) is 4.41. The molecule has 0 saturated carbocycles. The Morgan fingerprint density at radius 2 is 1.62 bits per heavy atom. The van der Waals surface area contributed by atoms with E-state index in [1.165, 1.54) is 5.56 Å². The van der Waals surface area contributed by atoms with E-state index in [1.807, 2.05) is 65.3 Å². The van der Waals surface area contributed by atoms with Gasteiger partial charge in [0.25, 0.3) is 0 Å². The maximum absolute atomic E-state index is 4.26. The molecule has 0 amide bonds. The van der Waals surface area contributed by atoms with Crippen LogP contribution in [0.3, 0.4) is 0 Å². The summed E-state index contributed by atoms with van der Waals surface area (Å²) in [6, 6.07) is 28.4. The maximum Gasteiger partial charge on any atom is 2.00 e. The van der Waals surface area contributed by atoms with Gasteiger partial charge >= 0.3 is 17.1 Å². The number of hydrogen-bond acceptors (Lipinski definition) is 2. The van der Waals surface area contributed by atoms with Crippen molar-refractivity contribution < 1.29 is 17.1 Å². The first-order valence-corrected chi connectivity index (χ1v) is 8.44. The summed E-state index contributed by atoms with van der Waals surface area (Å²) in [5, 5.41) is 8.49. The first-order valence-electron chi connectivity index (χ1n) is 7.36. The average molecular weight is 469 g/mol. The van der Waals surface area contributed by atoms with Crippen LogP contribution in [0, 0.1) is 3.70 Å². The van der Waals surface area contributed by atoms with E-state index in [1.54, 1.807) is 0 Å². The third-order valence-electron chi connectivity index (χ3n) is 3.34. The van der Waals surface area contributed by atoms with Crippen molar-refractivity contribution in [3.63, 3.8) is 0 Å². The van der Waals surface area contributed by atoms with E-state index < -0.39 is 0 Å². The van der Waals surface area contributed by atoms with E-state index in [4.69, 9.17) is 0 Å². The van der Waals surface area contributed by atoms with Crippen molar-refractivity contribution in [2.24, 2.45) is 0 Å². The largest absolute Gasteiger partial charge is 2.00 e. The minimum atomic E-state index is 0. The Bertz CT molecular complexity index is 789. The Labute approximate surface area is 166 Å². The summed E-state index contributed by atoms with van der Waals surface area (Å²) in [5.41, 5.74) is 3.31. The predicted octanol–water partition coefficient (Wildman–Crippen LogP) is 4.72. The van der Waals surface area contributed by atoms with Crippen molar-refractivity contribution in [2.75, 3.05) is 0 Å². The van der Waals surface area contributed by atoms with Crippen LogP contribution >= 0.6 is 22.6 Å². The van der Waals surface area contributed by atoms with Gasteiger partial charge in [-0.1, -0.05) is 63.7 Å². The quantitative estimate of drug-likeness (QED) is 0.247. The number of aromatic nitrogens is 3. The van der Waals surface area contributed by atoms with Gasteiger partial charge < -0.3 is 0 Å². The number of halogens is 1. The summed E-state index contributed by atoms with van der Waals surface area (Å²) in [6.07, 6.45) is 0. The monoisotopic (exact) mass is 469 g/mol. The zero-order valence-corrected chi connectivity index (χ0v) is 16.1. The topological polar surface area (TPSA) is 30.7 Å². The van der Waals surface area contributed by atoms with Crippen LogP contribution in [-0.2, 0) is 23.6 Å². The molecule has 0 unspecified atom stereocenters. The van der Waals surface area contributed by atoms with E-state index in [0.717, 1.165) is 21.5 Å². The van der Waals surface area contributed by atoms with Gasteiger partial charge in [-0.15, -0.1) is 12.1 Å². The summed E-state index contributed by atoms with van der Waals surface area (Å²) < 4.78 is 3.00. The summed E-state index contributed by atoms with van der Waals surface area (Å²) >= 11 is 2.30. The molecule has 122 valence electrons. The molecule has 4 rings (SSSR count). The van der Waals surface area contributed by atoms with Crippen molar-refractivity contribution >= 4 is 22.6 Å². The molecule has 0 N–H and O–H groups in total. The van der Waals surface area contributed by atoms with Crippen molar-refractivity contribution in [3.05, 3.63) is 94.2 Å². The van der Waals surface area contributed by atoms with Gasteiger partial charge in [0.2, 0.25) is 0 Å². The number of hydrogen-bond donors (Lipinski definition) is 0. The fourth-order valence-corrected chi connectivity index (χ4v) is 2.87. The van der Waals surface area contributed by atoms with E-state index in [0.29, 0.717) is 0 Å². The van der Waals surface area contributed by atoms with Gasteiger partial charge in [-0.3, -0.25) is 4.68 Å². The summed E-state index contributed by atoms with van der Waals surface area (Å²) in [7, 11) is 0. The first-order chi connectivity index (χ1) is 11.3. The van der Waals surface area contributed by atoms with Gasteiger partial charge in [0.05, 0.1) is 10.2 Å². The molecule has 0 aliphatic rings. The molecule has 0 aliphatic carbocycles. The normalized spacial score (nSPS) is 9.71. The number of benzene rings is 1. The number of rotatable bonds is 3. The van der Waals surface area contributed by atoms with E-state index in [9.17, 15) is 0 Å². The van der Waals surface area contributed by atoms with Crippen LogP contribution in [0.15, 0.2) is 84.9 Å². The van der Waals surface area contributed by atoms with Crippen LogP contribution in [0.1, 0.15) is 5.56 Å². The second-order valence-electron chi connectivity index (χ2n) is 5.01. The second kappa shape index (κ2) is 9.57. The third kappa shape index (κ3) is 4.90. The van der Waals surface area contributed by atoms with E-state index in [2.05, 4.69) is 57.2 Å². The van der Waals surface area contributed by atoms with Crippen molar-refractivity contribution in [3.8, 4) is 11.3 Å².